The molecule has 0 heterocycles. The van der Waals surface area contributed by atoms with Gasteiger partial charge in [-0.15, -0.1) is 0 Å². The number of rotatable bonds is 11. The number of hydrogen-bond donors (Lipinski definition) is 0. The average Bonchev–Trinajstić information content (AvgIpc) is 2.63. The van der Waals surface area contributed by atoms with Gasteiger partial charge in [-0.3, -0.25) is 0 Å². The summed E-state index contributed by atoms with van der Waals surface area (Å²) in [6, 6.07) is 0. The second-order valence-electron chi connectivity index (χ2n) is 6.81. The van der Waals surface area contributed by atoms with Crippen molar-refractivity contribution < 1.29 is 157 Å². The average molecular weight is 666 g/mol. The molecule has 224 valence electrons. The van der Waals surface area contributed by atoms with Gasteiger partial charge in [0.05, 0.1) is 0 Å². The van der Waals surface area contributed by atoms with E-state index >= 15 is 0 Å². The maximum Gasteiger partial charge on any atom is 1.00 e. The normalized spacial score (nSPS) is 16.4. The molecule has 0 aliphatic carbocycles. The first-order valence-corrected chi connectivity index (χ1v) is 9.29. The molecule has 0 amide bonds. The third-order valence-corrected chi connectivity index (χ3v) is 5.11. The Morgan fingerprint density at radius 2 is 0.658 bits per heavy atom. The summed E-state index contributed by atoms with van der Waals surface area (Å²) < 4.78 is 305. The van der Waals surface area contributed by atoms with Crippen LogP contribution < -0.4 is 51.4 Å². The Balaban J connectivity index is 0. The molecule has 0 aliphatic heterocycles. The Bertz CT molecular complexity index is 953. The standard InChI is InChI=1S/C12H5F21O3S.K/c13-3(14,1-2-4(15,16)17)5(18,19)6(20,21)7(22,23)8(24,25)9(26,27)10(28,29)11(30,31)12(32,33)37(34,35)36;/h1-2H2,(H,34,35,36);/q;+1/p-1. The molecule has 0 aromatic rings. The van der Waals surface area contributed by atoms with Gasteiger partial charge in [0, 0.05) is 12.8 Å². The second kappa shape index (κ2) is 10.4. The van der Waals surface area contributed by atoms with Crippen LogP contribution in [0.15, 0.2) is 0 Å². The summed E-state index contributed by atoms with van der Waals surface area (Å²) in [5.74, 6) is -69.8. The summed E-state index contributed by atoms with van der Waals surface area (Å²) in [7, 11) is -8.31. The predicted octanol–water partition coefficient (Wildman–Crippen LogP) is 3.55. The Morgan fingerprint density at radius 3 is 0.895 bits per heavy atom. The van der Waals surface area contributed by atoms with Gasteiger partial charge in [-0.2, -0.15) is 92.2 Å². The summed E-state index contributed by atoms with van der Waals surface area (Å²) in [5.41, 5.74) is 0. The van der Waals surface area contributed by atoms with E-state index < -0.39 is 81.8 Å². The van der Waals surface area contributed by atoms with E-state index in [-0.39, 0.29) is 51.4 Å². The van der Waals surface area contributed by atoms with Gasteiger partial charge in [0.25, 0.3) is 0 Å². The summed E-state index contributed by atoms with van der Waals surface area (Å²) in [6.07, 6.45) is -12.9. The molecule has 0 atom stereocenters. The predicted molar refractivity (Wildman–Crippen MR) is 69.5 cm³/mol. The van der Waals surface area contributed by atoms with Gasteiger partial charge in [-0.1, -0.05) is 0 Å². The maximum atomic E-state index is 13.5. The first-order valence-electron chi connectivity index (χ1n) is 7.88. The Labute approximate surface area is 237 Å². The fourth-order valence-electron chi connectivity index (χ4n) is 2.01. The van der Waals surface area contributed by atoms with Crippen LogP contribution in [0.4, 0.5) is 92.2 Å². The molecular weight excluding hydrogens is 662 g/mol. The zero-order valence-electron chi connectivity index (χ0n) is 17.0. The van der Waals surface area contributed by atoms with E-state index in [1.807, 2.05) is 0 Å². The minimum absolute atomic E-state index is 0. The molecule has 0 unspecified atom stereocenters. The summed E-state index contributed by atoms with van der Waals surface area (Å²) in [5, 5.41) is -8.13. The molecule has 0 N–H and O–H groups in total. The molecular formula is C12H4F21KO3S. The zero-order chi connectivity index (χ0) is 30.9. The van der Waals surface area contributed by atoms with Crippen LogP contribution >= 0.6 is 0 Å². The maximum absolute atomic E-state index is 13.5. The SMILES string of the molecule is O=S(=O)([O-])C(F)(F)C(F)(F)C(F)(F)C(F)(F)C(F)(F)C(F)(F)C(F)(F)C(F)(F)C(F)(F)CCC(F)(F)F.[K+]. The quantitative estimate of drug-likeness (QED) is 0.193. The smallest absolute Gasteiger partial charge is 0.743 e. The van der Waals surface area contributed by atoms with Crippen LogP contribution in [-0.4, -0.2) is 71.8 Å². The van der Waals surface area contributed by atoms with Crippen molar-refractivity contribution in [3.05, 3.63) is 0 Å². The van der Waals surface area contributed by atoms with Crippen molar-refractivity contribution in [2.45, 2.75) is 71.7 Å². The summed E-state index contributed by atoms with van der Waals surface area (Å²) >= 11 is 0. The number of hydrogen-bond acceptors (Lipinski definition) is 3. The van der Waals surface area contributed by atoms with E-state index in [9.17, 15) is 105 Å². The van der Waals surface area contributed by atoms with E-state index in [0.29, 0.717) is 0 Å². The first kappa shape index (κ1) is 40.2. The van der Waals surface area contributed by atoms with E-state index in [1.54, 1.807) is 0 Å². The molecule has 26 heteroatoms. The number of alkyl halides is 21. The monoisotopic (exact) mass is 666 g/mol. The molecule has 0 rings (SSSR count). The fraction of sp³-hybridized carbons (Fsp3) is 1.00. The third kappa shape index (κ3) is 5.72. The van der Waals surface area contributed by atoms with Crippen molar-refractivity contribution in [3.63, 3.8) is 0 Å². The molecule has 0 bridgehead atoms. The Kier molecular flexibility index (Phi) is 11.0. The van der Waals surface area contributed by atoms with Crippen LogP contribution in [0.5, 0.6) is 0 Å². The van der Waals surface area contributed by atoms with Crippen molar-refractivity contribution in [1.29, 1.82) is 0 Å². The first-order chi connectivity index (χ1) is 15.5. The molecule has 0 radical (unpaired) electrons. The van der Waals surface area contributed by atoms with Gasteiger partial charge < -0.3 is 4.55 Å². The van der Waals surface area contributed by atoms with Gasteiger partial charge in [0.1, 0.15) is 0 Å². The fourth-order valence-corrected chi connectivity index (χ4v) is 2.45. The van der Waals surface area contributed by atoms with E-state index in [4.69, 9.17) is 0 Å². The van der Waals surface area contributed by atoms with Gasteiger partial charge in [0.15, 0.2) is 10.1 Å². The van der Waals surface area contributed by atoms with Gasteiger partial charge in [-0.25, -0.2) is 8.42 Å². The Hall–Kier alpha value is 0.0764. The van der Waals surface area contributed by atoms with Crippen molar-refractivity contribution in [2.75, 3.05) is 0 Å². The molecule has 0 spiro atoms. The zero-order valence-corrected chi connectivity index (χ0v) is 20.9. The third-order valence-electron chi connectivity index (χ3n) is 4.23. The van der Waals surface area contributed by atoms with Crippen LogP contribution in [0.2, 0.25) is 0 Å². The van der Waals surface area contributed by atoms with Crippen LogP contribution in [0.1, 0.15) is 12.8 Å². The van der Waals surface area contributed by atoms with E-state index in [2.05, 4.69) is 0 Å². The van der Waals surface area contributed by atoms with Crippen molar-refractivity contribution in [1.82, 2.24) is 0 Å². The molecule has 0 aromatic heterocycles. The van der Waals surface area contributed by atoms with Crippen LogP contribution in [0.25, 0.3) is 0 Å². The molecule has 3 nitrogen and oxygen atoms in total. The molecule has 0 aliphatic rings. The molecule has 0 saturated carbocycles. The molecule has 0 aromatic carbocycles. The van der Waals surface area contributed by atoms with Gasteiger partial charge in [-0.05, 0) is 0 Å². The molecule has 0 fully saturated rings. The minimum atomic E-state index is -9.25. The van der Waals surface area contributed by atoms with Crippen molar-refractivity contribution >= 4 is 10.1 Å². The van der Waals surface area contributed by atoms with Crippen molar-refractivity contribution in [2.24, 2.45) is 0 Å². The number of halogens is 21. The van der Waals surface area contributed by atoms with E-state index in [0.717, 1.165) is 0 Å². The Morgan fingerprint density at radius 1 is 0.421 bits per heavy atom. The van der Waals surface area contributed by atoms with Crippen LogP contribution in [0.3, 0.4) is 0 Å². The van der Waals surface area contributed by atoms with E-state index in [1.165, 1.54) is 0 Å². The van der Waals surface area contributed by atoms with Gasteiger partial charge in [0.2, 0.25) is 0 Å². The largest absolute Gasteiger partial charge is 1.00 e. The summed E-state index contributed by atoms with van der Waals surface area (Å²) in [6.45, 7) is 0. The van der Waals surface area contributed by atoms with Crippen molar-refractivity contribution in [3.8, 4) is 0 Å². The molecule has 0 saturated heterocycles. The summed E-state index contributed by atoms with van der Waals surface area (Å²) in [4.78, 5) is 0. The molecule has 38 heavy (non-hydrogen) atoms. The van der Waals surface area contributed by atoms with Gasteiger partial charge >= 0.3 is 110 Å². The second-order valence-corrected chi connectivity index (χ2v) is 8.23. The van der Waals surface area contributed by atoms with Crippen LogP contribution in [0, 0.1) is 0 Å². The van der Waals surface area contributed by atoms with Crippen LogP contribution in [-0.2, 0) is 10.1 Å². The minimum Gasteiger partial charge on any atom is -0.743 e. The topological polar surface area (TPSA) is 57.2 Å².